The maximum absolute atomic E-state index is 12.7. The van der Waals surface area contributed by atoms with Crippen molar-refractivity contribution in [2.75, 3.05) is 5.32 Å². The highest BCUT2D eigenvalue weighted by atomic mass is 16.1. The molecular weight excluding hydrogens is 382 g/mol. The highest BCUT2D eigenvalue weighted by Gasteiger charge is 2.13. The summed E-state index contributed by atoms with van der Waals surface area (Å²) >= 11 is 0. The van der Waals surface area contributed by atoms with Gasteiger partial charge in [0.15, 0.2) is 0 Å². The lowest BCUT2D eigenvalue weighted by atomic mass is 10.2. The molecule has 0 aliphatic carbocycles. The van der Waals surface area contributed by atoms with Crippen LogP contribution >= 0.6 is 0 Å². The lowest BCUT2D eigenvalue weighted by Gasteiger charge is -2.06. The molecule has 0 aliphatic rings. The quantitative estimate of drug-likeness (QED) is 0.485. The number of nitrogens with zero attached hydrogens (tertiary/aromatic N) is 8. The van der Waals surface area contributed by atoms with Gasteiger partial charge in [-0.15, -0.1) is 10.2 Å². The van der Waals surface area contributed by atoms with Crippen molar-refractivity contribution in [3.05, 3.63) is 60.4 Å². The Bertz CT molecular complexity index is 1360. The average Bonchev–Trinajstić information content (AvgIpc) is 3.46. The number of carbonyl (C=O) groups excluding carboxylic acids is 1. The fraction of sp³-hybridized carbons (Fsp3) is 0.200. The minimum absolute atomic E-state index is 0.197. The first kappa shape index (κ1) is 18.0. The third kappa shape index (κ3) is 3.17. The SMILES string of the molecule is CC(C)n1nnc2cc(C(=O)Nc3cnn(Cn4nnc5ccccc54)c3)ccc21. The Labute approximate surface area is 171 Å². The molecule has 10 nitrogen and oxygen atoms in total. The molecule has 2 aromatic carbocycles. The van der Waals surface area contributed by atoms with E-state index in [2.05, 4.69) is 31.0 Å². The first-order valence-electron chi connectivity index (χ1n) is 9.55. The van der Waals surface area contributed by atoms with Gasteiger partial charge < -0.3 is 5.32 Å². The lowest BCUT2D eigenvalue weighted by Crippen LogP contribution is -2.12. The summed E-state index contributed by atoms with van der Waals surface area (Å²) in [4.78, 5) is 12.7. The van der Waals surface area contributed by atoms with Crippen molar-refractivity contribution in [1.82, 2.24) is 39.8 Å². The highest BCUT2D eigenvalue weighted by molar-refractivity contribution is 6.05. The number of hydrogen-bond donors (Lipinski definition) is 1. The molecule has 150 valence electrons. The first-order valence-corrected chi connectivity index (χ1v) is 9.55. The van der Waals surface area contributed by atoms with Crippen molar-refractivity contribution in [1.29, 1.82) is 0 Å². The number of hydrogen-bond acceptors (Lipinski definition) is 6. The number of rotatable bonds is 5. The number of benzene rings is 2. The predicted molar refractivity (Wildman–Crippen MR) is 111 cm³/mol. The Kier molecular flexibility index (Phi) is 4.24. The molecule has 1 N–H and O–H groups in total. The summed E-state index contributed by atoms with van der Waals surface area (Å²) in [5, 5.41) is 23.8. The van der Waals surface area contributed by atoms with Crippen molar-refractivity contribution < 1.29 is 4.79 Å². The number of amides is 1. The van der Waals surface area contributed by atoms with Crippen LogP contribution in [0.25, 0.3) is 22.1 Å². The molecule has 30 heavy (non-hydrogen) atoms. The van der Waals surface area contributed by atoms with Gasteiger partial charge in [0, 0.05) is 11.6 Å². The molecule has 0 bridgehead atoms. The number of fused-ring (bicyclic) bond motifs is 2. The zero-order valence-electron chi connectivity index (χ0n) is 16.5. The molecule has 0 atom stereocenters. The van der Waals surface area contributed by atoms with E-state index in [0.717, 1.165) is 16.6 Å². The second kappa shape index (κ2) is 7.07. The summed E-state index contributed by atoms with van der Waals surface area (Å²) in [6.45, 7) is 4.46. The van der Waals surface area contributed by atoms with Crippen LogP contribution in [0.2, 0.25) is 0 Å². The number of carbonyl (C=O) groups is 1. The Balaban J connectivity index is 1.32. The smallest absolute Gasteiger partial charge is 0.255 e. The molecule has 3 aromatic heterocycles. The van der Waals surface area contributed by atoms with Crippen molar-refractivity contribution in [2.45, 2.75) is 26.6 Å². The summed E-state index contributed by atoms with van der Waals surface area (Å²) in [6, 6.07) is 13.3. The third-order valence-corrected chi connectivity index (χ3v) is 4.81. The number of nitrogens with one attached hydrogen (secondary N) is 1. The minimum atomic E-state index is -0.234. The van der Waals surface area contributed by atoms with E-state index >= 15 is 0 Å². The topological polar surface area (TPSA) is 108 Å². The summed E-state index contributed by atoms with van der Waals surface area (Å²) in [6.07, 6.45) is 3.35. The Morgan fingerprint density at radius 1 is 1.03 bits per heavy atom. The van der Waals surface area contributed by atoms with Crippen molar-refractivity contribution in [2.24, 2.45) is 0 Å². The molecule has 5 rings (SSSR count). The molecule has 3 heterocycles. The van der Waals surface area contributed by atoms with Gasteiger partial charge in [-0.2, -0.15) is 5.10 Å². The molecule has 0 radical (unpaired) electrons. The summed E-state index contributed by atoms with van der Waals surface area (Å²) in [7, 11) is 0. The zero-order chi connectivity index (χ0) is 20.7. The van der Waals surface area contributed by atoms with E-state index in [-0.39, 0.29) is 11.9 Å². The molecule has 0 saturated carbocycles. The average molecular weight is 401 g/mol. The molecule has 10 heteroatoms. The second-order valence-electron chi connectivity index (χ2n) is 7.27. The Morgan fingerprint density at radius 2 is 1.87 bits per heavy atom. The van der Waals surface area contributed by atoms with Gasteiger partial charge >= 0.3 is 0 Å². The molecule has 0 unspecified atom stereocenters. The normalized spacial score (nSPS) is 11.6. The minimum Gasteiger partial charge on any atom is -0.319 e. The molecule has 5 aromatic rings. The van der Waals surface area contributed by atoms with Gasteiger partial charge in [0.2, 0.25) is 0 Å². The van der Waals surface area contributed by atoms with Gasteiger partial charge in [-0.1, -0.05) is 22.6 Å². The van der Waals surface area contributed by atoms with Gasteiger partial charge in [0.1, 0.15) is 17.7 Å². The van der Waals surface area contributed by atoms with Crippen LogP contribution in [0.3, 0.4) is 0 Å². The second-order valence-corrected chi connectivity index (χ2v) is 7.27. The van der Waals surface area contributed by atoms with Gasteiger partial charge in [0.25, 0.3) is 5.91 Å². The Hall–Kier alpha value is -4.08. The fourth-order valence-electron chi connectivity index (χ4n) is 3.33. The van der Waals surface area contributed by atoms with Crippen molar-refractivity contribution in [3.8, 4) is 0 Å². The third-order valence-electron chi connectivity index (χ3n) is 4.81. The highest BCUT2D eigenvalue weighted by Crippen LogP contribution is 2.18. The monoisotopic (exact) mass is 401 g/mol. The van der Waals surface area contributed by atoms with Crippen LogP contribution in [0.1, 0.15) is 30.2 Å². The van der Waals surface area contributed by atoms with Gasteiger partial charge in [-0.05, 0) is 44.2 Å². The maximum Gasteiger partial charge on any atom is 0.255 e. The standard InChI is InChI=1S/C20H19N9O/c1-13(2)29-19-8-7-14(9-17(19)24-26-29)20(30)22-15-10-21-27(11-15)12-28-18-6-4-3-5-16(18)23-25-28/h3-11,13H,12H2,1-2H3,(H,22,30). The van der Waals surface area contributed by atoms with E-state index in [4.69, 9.17) is 0 Å². The van der Waals surface area contributed by atoms with E-state index in [1.165, 1.54) is 0 Å². The molecule has 0 saturated heterocycles. The van der Waals surface area contributed by atoms with Crippen LogP contribution in [-0.2, 0) is 6.67 Å². The van der Waals surface area contributed by atoms with Crippen LogP contribution < -0.4 is 5.32 Å². The number of anilines is 1. The van der Waals surface area contributed by atoms with Gasteiger partial charge in [-0.3, -0.25) is 4.79 Å². The fourth-order valence-corrected chi connectivity index (χ4v) is 3.33. The first-order chi connectivity index (χ1) is 14.6. The lowest BCUT2D eigenvalue weighted by molar-refractivity contribution is 0.102. The van der Waals surface area contributed by atoms with E-state index in [1.807, 2.05) is 48.9 Å². The summed E-state index contributed by atoms with van der Waals surface area (Å²) in [5.74, 6) is -0.234. The summed E-state index contributed by atoms with van der Waals surface area (Å²) in [5.41, 5.74) is 4.42. The van der Waals surface area contributed by atoms with Crippen molar-refractivity contribution >= 4 is 33.7 Å². The molecule has 0 fully saturated rings. The van der Waals surface area contributed by atoms with Crippen LogP contribution in [0.15, 0.2) is 54.9 Å². The number of aromatic nitrogens is 8. The molecule has 1 amide bonds. The van der Waals surface area contributed by atoms with E-state index in [9.17, 15) is 4.79 Å². The van der Waals surface area contributed by atoms with Crippen LogP contribution in [0, 0.1) is 0 Å². The van der Waals surface area contributed by atoms with Crippen LogP contribution in [0.5, 0.6) is 0 Å². The van der Waals surface area contributed by atoms with Gasteiger partial charge in [0.05, 0.1) is 29.1 Å². The van der Waals surface area contributed by atoms with Crippen LogP contribution in [-0.4, -0.2) is 45.7 Å². The van der Waals surface area contributed by atoms with E-state index < -0.39 is 0 Å². The largest absolute Gasteiger partial charge is 0.319 e. The van der Waals surface area contributed by atoms with Crippen molar-refractivity contribution in [3.63, 3.8) is 0 Å². The van der Waals surface area contributed by atoms with Gasteiger partial charge in [-0.25, -0.2) is 14.0 Å². The molecule has 0 spiro atoms. The predicted octanol–water partition coefficient (Wildman–Crippen LogP) is 2.71. The Morgan fingerprint density at radius 3 is 2.73 bits per heavy atom. The maximum atomic E-state index is 12.7. The molecule has 0 aliphatic heterocycles. The van der Waals surface area contributed by atoms with E-state index in [1.54, 1.807) is 33.9 Å². The number of para-hydroxylation sites is 1. The van der Waals surface area contributed by atoms with E-state index in [0.29, 0.717) is 23.4 Å². The molecular formula is C20H19N9O. The van der Waals surface area contributed by atoms with Crippen LogP contribution in [0.4, 0.5) is 5.69 Å². The zero-order valence-corrected chi connectivity index (χ0v) is 16.5. The summed E-state index contributed by atoms with van der Waals surface area (Å²) < 4.78 is 5.27.